The summed E-state index contributed by atoms with van der Waals surface area (Å²) in [6, 6.07) is 4.36. The van der Waals surface area contributed by atoms with Gasteiger partial charge in [0.25, 0.3) is 0 Å². The van der Waals surface area contributed by atoms with Crippen molar-refractivity contribution in [2.75, 3.05) is 18.0 Å². The molecule has 0 atom stereocenters. The van der Waals surface area contributed by atoms with Gasteiger partial charge in [-0.25, -0.2) is 9.59 Å². The number of carboxylic acids is 2. The lowest BCUT2D eigenvalue weighted by Gasteiger charge is -2.26. The molecule has 2 N–H and O–H groups in total. The minimum absolute atomic E-state index is 0.0433. The van der Waals surface area contributed by atoms with Crippen LogP contribution in [0.4, 0.5) is 5.69 Å². The van der Waals surface area contributed by atoms with E-state index in [0.717, 1.165) is 12.8 Å². The molecule has 0 unspecified atom stereocenters. The smallest absolute Gasteiger partial charge is 0.337 e. The van der Waals surface area contributed by atoms with E-state index in [4.69, 9.17) is 0 Å². The normalized spacial score (nSPS) is 10.2. The topological polar surface area (TPSA) is 77.8 Å². The molecule has 0 bridgehead atoms. The third-order valence-corrected chi connectivity index (χ3v) is 2.80. The maximum absolute atomic E-state index is 11.3. The zero-order valence-corrected chi connectivity index (χ0v) is 11.2. The minimum Gasteiger partial charge on any atom is -0.478 e. The van der Waals surface area contributed by atoms with Crippen molar-refractivity contribution in [1.29, 1.82) is 0 Å². The van der Waals surface area contributed by atoms with E-state index in [1.807, 2.05) is 18.7 Å². The van der Waals surface area contributed by atoms with Gasteiger partial charge in [0.1, 0.15) is 0 Å². The Morgan fingerprint density at radius 1 is 1.00 bits per heavy atom. The van der Waals surface area contributed by atoms with Gasteiger partial charge in [-0.05, 0) is 25.0 Å². The Kier molecular flexibility index (Phi) is 5.36. The molecule has 5 nitrogen and oxygen atoms in total. The van der Waals surface area contributed by atoms with Crippen LogP contribution in [-0.2, 0) is 0 Å². The molecule has 1 aromatic carbocycles. The van der Waals surface area contributed by atoms with Crippen molar-refractivity contribution >= 4 is 17.6 Å². The Bertz CT molecular complexity index is 432. The molecule has 1 aromatic rings. The number of anilines is 1. The Balaban J connectivity index is 3.40. The fourth-order valence-electron chi connectivity index (χ4n) is 2.10. The molecule has 104 valence electrons. The molecule has 0 radical (unpaired) electrons. The van der Waals surface area contributed by atoms with Gasteiger partial charge in [-0.15, -0.1) is 0 Å². The summed E-state index contributed by atoms with van der Waals surface area (Å²) in [6.07, 6.45) is 1.65. The molecular formula is C14H19NO4. The molecule has 5 heteroatoms. The molecule has 0 spiro atoms. The van der Waals surface area contributed by atoms with Crippen molar-refractivity contribution in [2.24, 2.45) is 0 Å². The van der Waals surface area contributed by atoms with Gasteiger partial charge in [0, 0.05) is 13.1 Å². The van der Waals surface area contributed by atoms with Crippen LogP contribution in [0.3, 0.4) is 0 Å². The molecule has 0 amide bonds. The lowest BCUT2D eigenvalue weighted by molar-refractivity contribution is 0.0696. The highest BCUT2D eigenvalue weighted by molar-refractivity contribution is 6.03. The lowest BCUT2D eigenvalue weighted by atomic mass is 10.0. The highest BCUT2D eigenvalue weighted by Gasteiger charge is 2.22. The maximum Gasteiger partial charge on any atom is 0.337 e. The second kappa shape index (κ2) is 6.78. The summed E-state index contributed by atoms with van der Waals surface area (Å²) in [6.45, 7) is 5.23. The Morgan fingerprint density at radius 3 is 1.74 bits per heavy atom. The van der Waals surface area contributed by atoms with Gasteiger partial charge in [0.05, 0.1) is 16.8 Å². The van der Waals surface area contributed by atoms with Crippen LogP contribution in [0, 0.1) is 0 Å². The number of carboxylic acid groups (broad SMARTS) is 2. The van der Waals surface area contributed by atoms with Crippen LogP contribution in [0.25, 0.3) is 0 Å². The van der Waals surface area contributed by atoms with Crippen molar-refractivity contribution in [3.63, 3.8) is 0 Å². The van der Waals surface area contributed by atoms with Crippen LogP contribution in [0.2, 0.25) is 0 Å². The quantitative estimate of drug-likeness (QED) is 0.792. The molecule has 0 aliphatic carbocycles. The van der Waals surface area contributed by atoms with Gasteiger partial charge in [0.15, 0.2) is 0 Å². The Morgan fingerprint density at radius 2 is 1.42 bits per heavy atom. The zero-order valence-electron chi connectivity index (χ0n) is 11.2. The van der Waals surface area contributed by atoms with Gasteiger partial charge < -0.3 is 15.1 Å². The number of hydrogen-bond donors (Lipinski definition) is 2. The van der Waals surface area contributed by atoms with E-state index in [-0.39, 0.29) is 11.1 Å². The summed E-state index contributed by atoms with van der Waals surface area (Å²) in [7, 11) is 0. The molecule has 0 aliphatic heterocycles. The van der Waals surface area contributed by atoms with Crippen molar-refractivity contribution in [3.05, 3.63) is 29.3 Å². The molecule has 0 aliphatic rings. The molecule has 0 fully saturated rings. The minimum atomic E-state index is -1.10. The molecule has 1 rings (SSSR count). The van der Waals surface area contributed by atoms with Crippen LogP contribution >= 0.6 is 0 Å². The van der Waals surface area contributed by atoms with E-state index >= 15 is 0 Å². The van der Waals surface area contributed by atoms with Crippen LogP contribution in [0.5, 0.6) is 0 Å². The van der Waals surface area contributed by atoms with E-state index in [1.165, 1.54) is 18.2 Å². The second-order valence-electron chi connectivity index (χ2n) is 4.30. The predicted octanol–water partition coefficient (Wildman–Crippen LogP) is 2.71. The zero-order chi connectivity index (χ0) is 14.4. The van der Waals surface area contributed by atoms with Crippen molar-refractivity contribution in [2.45, 2.75) is 26.7 Å². The highest BCUT2D eigenvalue weighted by Crippen LogP contribution is 2.26. The maximum atomic E-state index is 11.3. The summed E-state index contributed by atoms with van der Waals surface area (Å²) < 4.78 is 0. The fraction of sp³-hybridized carbons (Fsp3) is 0.429. The largest absolute Gasteiger partial charge is 0.478 e. The number of para-hydroxylation sites is 1. The van der Waals surface area contributed by atoms with E-state index < -0.39 is 11.9 Å². The number of carbonyl (C=O) groups is 2. The monoisotopic (exact) mass is 265 g/mol. The van der Waals surface area contributed by atoms with Crippen molar-refractivity contribution < 1.29 is 19.8 Å². The Hall–Kier alpha value is -2.04. The molecule has 19 heavy (non-hydrogen) atoms. The van der Waals surface area contributed by atoms with Crippen molar-refractivity contribution in [1.82, 2.24) is 0 Å². The number of hydrogen-bond acceptors (Lipinski definition) is 3. The van der Waals surface area contributed by atoms with Gasteiger partial charge in [-0.3, -0.25) is 0 Å². The number of benzene rings is 1. The average Bonchev–Trinajstić information content (AvgIpc) is 2.37. The average molecular weight is 265 g/mol. The molecule has 0 saturated carbocycles. The number of nitrogens with zero attached hydrogens (tertiary/aromatic N) is 1. The van der Waals surface area contributed by atoms with Crippen molar-refractivity contribution in [3.8, 4) is 0 Å². The summed E-state index contributed by atoms with van der Waals surface area (Å²) in [4.78, 5) is 24.4. The fourth-order valence-corrected chi connectivity index (χ4v) is 2.10. The van der Waals surface area contributed by atoms with E-state index in [9.17, 15) is 19.8 Å². The van der Waals surface area contributed by atoms with Crippen LogP contribution in [0.1, 0.15) is 47.4 Å². The van der Waals surface area contributed by atoms with Crippen LogP contribution in [-0.4, -0.2) is 35.2 Å². The predicted molar refractivity (Wildman–Crippen MR) is 73.2 cm³/mol. The van der Waals surface area contributed by atoms with Crippen LogP contribution < -0.4 is 4.90 Å². The second-order valence-corrected chi connectivity index (χ2v) is 4.30. The third kappa shape index (κ3) is 3.47. The Labute approximate surface area is 112 Å². The summed E-state index contributed by atoms with van der Waals surface area (Å²) in [5.41, 5.74) is 0.398. The molecule has 0 aromatic heterocycles. The van der Waals surface area contributed by atoms with Crippen LogP contribution in [0.15, 0.2) is 18.2 Å². The summed E-state index contributed by atoms with van der Waals surface area (Å²) in [5.74, 6) is -2.20. The first kappa shape index (κ1) is 15.0. The van der Waals surface area contributed by atoms with E-state index in [2.05, 4.69) is 0 Å². The van der Waals surface area contributed by atoms with Gasteiger partial charge in [-0.2, -0.15) is 0 Å². The molecule has 0 heterocycles. The van der Waals surface area contributed by atoms with E-state index in [1.54, 1.807) is 0 Å². The highest BCUT2D eigenvalue weighted by atomic mass is 16.4. The third-order valence-electron chi connectivity index (χ3n) is 2.80. The summed E-state index contributed by atoms with van der Waals surface area (Å²) >= 11 is 0. The first-order chi connectivity index (χ1) is 9.02. The summed E-state index contributed by atoms with van der Waals surface area (Å²) in [5, 5.41) is 18.5. The van der Waals surface area contributed by atoms with Gasteiger partial charge in [-0.1, -0.05) is 19.9 Å². The first-order valence-corrected chi connectivity index (χ1v) is 6.37. The van der Waals surface area contributed by atoms with Gasteiger partial charge in [0.2, 0.25) is 0 Å². The number of aromatic carboxylic acids is 2. The molecular weight excluding hydrogens is 246 g/mol. The lowest BCUT2D eigenvalue weighted by Crippen LogP contribution is -2.28. The standard InChI is InChI=1S/C14H19NO4/c1-3-8-15(9-4-2)12-10(13(16)17)6-5-7-11(12)14(18)19/h5-7H,3-4,8-9H2,1-2H3,(H,16,17)(H,18,19). The molecule has 0 saturated heterocycles. The number of rotatable bonds is 7. The SMILES string of the molecule is CCCN(CCC)c1c(C(=O)O)cccc1C(=O)O. The van der Waals surface area contributed by atoms with E-state index in [0.29, 0.717) is 18.8 Å². The van der Waals surface area contributed by atoms with Gasteiger partial charge >= 0.3 is 11.9 Å². The first-order valence-electron chi connectivity index (χ1n) is 6.37.